The average Bonchev–Trinajstić information content (AvgIpc) is 3.53. The Morgan fingerprint density at radius 3 is 2.09 bits per heavy atom. The van der Waals surface area contributed by atoms with Gasteiger partial charge in [-0.15, -0.1) is 0 Å². The number of halogens is 5. The van der Waals surface area contributed by atoms with Crippen LogP contribution >= 0.6 is 0 Å². The fourth-order valence-electron chi connectivity index (χ4n) is 5.73. The summed E-state index contributed by atoms with van der Waals surface area (Å²) in [5, 5.41) is 40.3. The number of aliphatic carboxylic acids is 2. The van der Waals surface area contributed by atoms with E-state index in [0.29, 0.717) is 17.8 Å². The lowest BCUT2D eigenvalue weighted by molar-refractivity contribution is -0.143. The minimum absolute atomic E-state index is 0.0295. The highest BCUT2D eigenvalue weighted by Gasteiger charge is 2.37. The van der Waals surface area contributed by atoms with E-state index in [9.17, 15) is 56.1 Å². The van der Waals surface area contributed by atoms with Crippen LogP contribution in [-0.2, 0) is 30.5 Å². The van der Waals surface area contributed by atoms with Gasteiger partial charge in [0, 0.05) is 55.5 Å². The molecule has 1 heterocycles. The summed E-state index contributed by atoms with van der Waals surface area (Å²) in [5.41, 5.74) is 7.36. The molecule has 0 radical (unpaired) electrons. The zero-order chi connectivity index (χ0) is 44.0. The summed E-state index contributed by atoms with van der Waals surface area (Å²) in [6.07, 6.45) is -4.09. The number of allylic oxidation sites excluding steroid dienone is 1. The Kier molecular flexibility index (Phi) is 18.0. The van der Waals surface area contributed by atoms with Crippen LogP contribution in [0.25, 0.3) is 11.1 Å². The molecule has 3 atom stereocenters. The molecule has 0 saturated heterocycles. The van der Waals surface area contributed by atoms with Crippen molar-refractivity contribution in [1.82, 2.24) is 20.1 Å². The standard InChI is InChI=1S/C36H45F2N5O8.C3H3F3O/c1-36(2,3)33(29-17-23(25-18-24(37)9-10-26(25)38)20-42(29)19-22-7-5-4-6-8-22)43(31(46)21-44)16-14-27(39)34(49)40-15-13-30(45)41-28(35(50)51)11-12-32(47)48;1-2(7)3(4,5)6/h4-10,17-18,20,27-28,33,44H,11-16,19,21,39H2,1-3H3,(H,40,49)(H,41,45)(H,47,48)(H,50,51);7H,1H2/t27?,28-,33?;/m1./s1. The first-order valence-corrected chi connectivity index (χ1v) is 17.8. The van der Waals surface area contributed by atoms with E-state index in [4.69, 9.17) is 15.9 Å². The summed E-state index contributed by atoms with van der Waals surface area (Å²) >= 11 is 0. The highest BCUT2D eigenvalue weighted by Crippen LogP contribution is 2.41. The molecule has 58 heavy (non-hydrogen) atoms. The first-order valence-electron chi connectivity index (χ1n) is 17.8. The van der Waals surface area contributed by atoms with Gasteiger partial charge < -0.3 is 46.3 Å². The second-order valence-electron chi connectivity index (χ2n) is 14.2. The Balaban J connectivity index is 0.00000151. The van der Waals surface area contributed by atoms with E-state index in [1.165, 1.54) is 4.90 Å². The number of benzene rings is 2. The third-order valence-corrected chi connectivity index (χ3v) is 8.51. The van der Waals surface area contributed by atoms with Crippen molar-refractivity contribution in [2.45, 2.75) is 77.3 Å². The number of hydrogen-bond acceptors (Lipinski definition) is 8. The second-order valence-corrected chi connectivity index (χ2v) is 14.2. The molecule has 3 amide bonds. The van der Waals surface area contributed by atoms with Gasteiger partial charge in [-0.3, -0.25) is 19.2 Å². The molecule has 1 aromatic heterocycles. The van der Waals surface area contributed by atoms with Gasteiger partial charge in [-0.2, -0.15) is 13.2 Å². The fourth-order valence-corrected chi connectivity index (χ4v) is 5.73. The first kappa shape index (κ1) is 48.3. The number of hydrogen-bond donors (Lipinski definition) is 7. The number of aliphatic hydroxyl groups is 2. The van der Waals surface area contributed by atoms with Crippen LogP contribution in [0.15, 0.2) is 73.1 Å². The second kappa shape index (κ2) is 21.6. The summed E-state index contributed by atoms with van der Waals surface area (Å²) in [5.74, 6) is -7.64. The summed E-state index contributed by atoms with van der Waals surface area (Å²) in [4.78, 5) is 62.0. The molecule has 0 aliphatic rings. The normalized spacial score (nSPS) is 12.9. The number of aromatic nitrogens is 1. The molecular formula is C39H48F5N5O9. The number of aliphatic hydroxyl groups excluding tert-OH is 2. The van der Waals surface area contributed by atoms with Gasteiger partial charge in [0.15, 0.2) is 5.76 Å². The van der Waals surface area contributed by atoms with Crippen LogP contribution in [0.4, 0.5) is 22.0 Å². The summed E-state index contributed by atoms with van der Waals surface area (Å²) in [7, 11) is 0. The maximum absolute atomic E-state index is 15.0. The summed E-state index contributed by atoms with van der Waals surface area (Å²) < 4.78 is 63.5. The van der Waals surface area contributed by atoms with Crippen LogP contribution < -0.4 is 16.4 Å². The van der Waals surface area contributed by atoms with Crippen LogP contribution in [0.5, 0.6) is 0 Å². The minimum atomic E-state index is -4.64. The molecule has 3 rings (SSSR count). The lowest BCUT2D eigenvalue weighted by Crippen LogP contribution is -2.48. The summed E-state index contributed by atoms with van der Waals surface area (Å²) in [6.45, 7) is 7.10. The highest BCUT2D eigenvalue weighted by molar-refractivity contribution is 5.85. The van der Waals surface area contributed by atoms with Crippen molar-refractivity contribution < 1.29 is 66.4 Å². The first-order chi connectivity index (χ1) is 27.0. The van der Waals surface area contributed by atoms with Gasteiger partial charge in [-0.05, 0) is 48.1 Å². The quantitative estimate of drug-likeness (QED) is 0.0694. The molecule has 318 valence electrons. The number of rotatable bonds is 18. The van der Waals surface area contributed by atoms with Crippen LogP contribution in [0.3, 0.4) is 0 Å². The third kappa shape index (κ3) is 15.3. The smallest absolute Gasteiger partial charge is 0.448 e. The SMILES string of the molecule is C=C(O)C(F)(F)F.CC(C)(C)C(c1cc(-c2cc(F)ccc2F)cn1Cc1ccccc1)N(CCC(N)C(=O)NCCC(=O)N[C@H](CCC(=O)O)C(=O)O)C(=O)CO. The van der Waals surface area contributed by atoms with Gasteiger partial charge in [-0.1, -0.05) is 57.7 Å². The lowest BCUT2D eigenvalue weighted by atomic mass is 9.82. The Labute approximate surface area is 331 Å². The van der Waals surface area contributed by atoms with E-state index >= 15 is 0 Å². The van der Waals surface area contributed by atoms with Gasteiger partial charge in [0.25, 0.3) is 0 Å². The zero-order valence-corrected chi connectivity index (χ0v) is 32.1. The molecule has 0 fully saturated rings. The van der Waals surface area contributed by atoms with E-state index in [2.05, 4.69) is 17.2 Å². The van der Waals surface area contributed by atoms with E-state index in [0.717, 1.165) is 23.8 Å². The number of nitrogens with one attached hydrogen (secondary N) is 2. The molecule has 0 spiro atoms. The van der Waals surface area contributed by atoms with Crippen LogP contribution in [0.1, 0.15) is 63.8 Å². The van der Waals surface area contributed by atoms with Crippen molar-refractivity contribution in [3.63, 3.8) is 0 Å². The Bertz CT molecular complexity index is 1900. The van der Waals surface area contributed by atoms with Gasteiger partial charge in [0.1, 0.15) is 24.3 Å². The number of amides is 3. The Morgan fingerprint density at radius 1 is 0.931 bits per heavy atom. The molecule has 0 bridgehead atoms. The Morgan fingerprint density at radius 2 is 1.55 bits per heavy atom. The number of alkyl halides is 3. The molecule has 2 aromatic carbocycles. The predicted molar refractivity (Wildman–Crippen MR) is 201 cm³/mol. The van der Waals surface area contributed by atoms with Gasteiger partial charge >= 0.3 is 18.1 Å². The summed E-state index contributed by atoms with van der Waals surface area (Å²) in [6, 6.07) is 10.9. The molecule has 0 aliphatic carbocycles. The fraction of sp³-hybridized carbons (Fsp3) is 0.410. The third-order valence-electron chi connectivity index (χ3n) is 8.51. The number of carbonyl (C=O) groups is 5. The van der Waals surface area contributed by atoms with E-state index in [1.54, 1.807) is 12.3 Å². The monoisotopic (exact) mass is 825 g/mol. The van der Waals surface area contributed by atoms with Crippen LogP contribution in [-0.4, -0.2) is 97.5 Å². The van der Waals surface area contributed by atoms with Crippen molar-refractivity contribution in [2.75, 3.05) is 19.7 Å². The van der Waals surface area contributed by atoms with E-state index in [-0.39, 0.29) is 37.9 Å². The largest absolute Gasteiger partial charge is 0.505 e. The van der Waals surface area contributed by atoms with Crippen molar-refractivity contribution in [2.24, 2.45) is 11.1 Å². The molecule has 8 N–H and O–H groups in total. The van der Waals surface area contributed by atoms with Crippen LogP contribution in [0, 0.1) is 17.0 Å². The van der Waals surface area contributed by atoms with Crippen molar-refractivity contribution in [3.8, 4) is 11.1 Å². The number of nitrogens with two attached hydrogens (primary N) is 1. The van der Waals surface area contributed by atoms with E-state index in [1.807, 2.05) is 55.7 Å². The molecule has 14 nitrogen and oxygen atoms in total. The van der Waals surface area contributed by atoms with Gasteiger partial charge in [-0.25, -0.2) is 13.6 Å². The lowest BCUT2D eigenvalue weighted by Gasteiger charge is -2.41. The highest BCUT2D eigenvalue weighted by atomic mass is 19.4. The van der Waals surface area contributed by atoms with Crippen molar-refractivity contribution >= 4 is 29.7 Å². The van der Waals surface area contributed by atoms with Crippen LogP contribution in [0.2, 0.25) is 0 Å². The number of nitrogens with zero attached hydrogens (tertiary/aromatic N) is 2. The minimum Gasteiger partial charge on any atom is -0.505 e. The number of carbonyl (C=O) groups excluding carboxylic acids is 3. The van der Waals surface area contributed by atoms with Gasteiger partial charge in [0.05, 0.1) is 12.1 Å². The topological polar surface area (TPSA) is 225 Å². The van der Waals surface area contributed by atoms with Crippen molar-refractivity contribution in [3.05, 3.63) is 96.0 Å². The Hall–Kier alpha value is -5.82. The number of carboxylic acids is 2. The van der Waals surface area contributed by atoms with Gasteiger partial charge in [0.2, 0.25) is 17.7 Å². The van der Waals surface area contributed by atoms with E-state index < -0.39 is 89.8 Å². The molecular weight excluding hydrogens is 777 g/mol. The average molecular weight is 826 g/mol. The molecule has 3 aromatic rings. The molecule has 0 saturated carbocycles. The predicted octanol–water partition coefficient (Wildman–Crippen LogP) is 4.67. The molecule has 2 unspecified atom stereocenters. The molecule has 0 aliphatic heterocycles. The molecule has 19 heteroatoms. The number of carboxylic acid groups (broad SMARTS) is 2. The maximum atomic E-state index is 15.0. The maximum Gasteiger partial charge on any atom is 0.448 e. The van der Waals surface area contributed by atoms with Crippen molar-refractivity contribution in [1.29, 1.82) is 0 Å². The zero-order valence-electron chi connectivity index (χ0n) is 32.1.